The van der Waals surface area contributed by atoms with Crippen LogP contribution in [0.25, 0.3) is 0 Å². The lowest BCUT2D eigenvalue weighted by atomic mass is 10.0. The summed E-state index contributed by atoms with van der Waals surface area (Å²) >= 11 is 0. The molecule has 0 saturated carbocycles. The van der Waals surface area contributed by atoms with Crippen LogP contribution in [0.4, 0.5) is 0 Å². The standard InChI is InChI=1S/C59H114NO8P/c1-3-5-7-9-11-12-13-14-15-16-17-18-19-20-21-22-23-24-25-26-27-28-29-30-31-32-33-34-35-36-37-38-39-40-41-42-43-44-46-48-50-52-59(62)68-57(56-67-69(63,64)66-54-53-60)55-65-58(61)51-49-47-45-10-8-6-4-2/h13-14,16-17,57H,3-12,15,18-56,60H2,1-2H3,(H,63,64)/b14-13-,17-16-. The van der Waals surface area contributed by atoms with Crippen molar-refractivity contribution in [3.8, 4) is 0 Å². The summed E-state index contributed by atoms with van der Waals surface area (Å²) in [6.07, 6.45) is 66.0. The topological polar surface area (TPSA) is 134 Å². The van der Waals surface area contributed by atoms with Crippen LogP contribution < -0.4 is 5.73 Å². The molecule has 9 nitrogen and oxygen atoms in total. The maximum atomic E-state index is 12.6. The van der Waals surface area contributed by atoms with Crippen molar-refractivity contribution in [1.29, 1.82) is 0 Å². The van der Waals surface area contributed by atoms with E-state index in [1.165, 1.54) is 238 Å². The number of unbranched alkanes of at least 4 members (excludes halogenated alkanes) is 40. The number of hydrogen-bond acceptors (Lipinski definition) is 8. The average Bonchev–Trinajstić information content (AvgIpc) is 3.34. The lowest BCUT2D eigenvalue weighted by molar-refractivity contribution is -0.161. The fraction of sp³-hybridized carbons (Fsp3) is 0.898. The zero-order valence-electron chi connectivity index (χ0n) is 45.6. The van der Waals surface area contributed by atoms with E-state index in [-0.39, 0.29) is 38.6 Å². The molecule has 3 N–H and O–H groups in total. The van der Waals surface area contributed by atoms with Gasteiger partial charge in [0, 0.05) is 19.4 Å². The first-order chi connectivity index (χ1) is 33.8. The Hall–Kier alpha value is -1.51. The number of carbonyl (C=O) groups is 2. The van der Waals surface area contributed by atoms with Gasteiger partial charge in [0.05, 0.1) is 13.2 Å². The summed E-state index contributed by atoms with van der Waals surface area (Å²) in [6, 6.07) is 0. The molecule has 0 rings (SSSR count). The summed E-state index contributed by atoms with van der Waals surface area (Å²) < 4.78 is 32.8. The molecule has 0 spiro atoms. The van der Waals surface area contributed by atoms with E-state index in [2.05, 4.69) is 38.2 Å². The summed E-state index contributed by atoms with van der Waals surface area (Å²) in [7, 11) is -4.37. The number of rotatable bonds is 57. The highest BCUT2D eigenvalue weighted by Crippen LogP contribution is 2.43. The van der Waals surface area contributed by atoms with Crippen LogP contribution in [0.3, 0.4) is 0 Å². The Morgan fingerprint density at radius 3 is 1.10 bits per heavy atom. The lowest BCUT2D eigenvalue weighted by Crippen LogP contribution is -2.29. The molecular weight excluding hydrogens is 882 g/mol. The maximum Gasteiger partial charge on any atom is 0.472 e. The molecule has 10 heteroatoms. The van der Waals surface area contributed by atoms with Gasteiger partial charge in [-0.25, -0.2) is 4.57 Å². The van der Waals surface area contributed by atoms with Crippen molar-refractivity contribution in [2.75, 3.05) is 26.4 Å². The second-order valence-corrected chi connectivity index (χ2v) is 21.7. The molecule has 2 unspecified atom stereocenters. The number of phosphoric acid groups is 1. The molecular formula is C59H114NO8P. The number of ether oxygens (including phenoxy) is 2. The van der Waals surface area contributed by atoms with Crippen LogP contribution in [0, 0.1) is 0 Å². The number of hydrogen-bond donors (Lipinski definition) is 2. The monoisotopic (exact) mass is 996 g/mol. The first-order valence-electron chi connectivity index (χ1n) is 29.8. The fourth-order valence-corrected chi connectivity index (χ4v) is 9.67. The molecule has 0 aliphatic heterocycles. The molecule has 0 aromatic rings. The van der Waals surface area contributed by atoms with Crippen molar-refractivity contribution in [3.05, 3.63) is 24.3 Å². The highest BCUT2D eigenvalue weighted by Gasteiger charge is 2.26. The van der Waals surface area contributed by atoms with Gasteiger partial charge in [-0.15, -0.1) is 0 Å². The maximum absolute atomic E-state index is 12.6. The van der Waals surface area contributed by atoms with E-state index in [1.54, 1.807) is 0 Å². The third-order valence-electron chi connectivity index (χ3n) is 13.3. The Kier molecular flexibility index (Phi) is 54.6. The predicted molar refractivity (Wildman–Crippen MR) is 294 cm³/mol. The minimum Gasteiger partial charge on any atom is -0.462 e. The molecule has 69 heavy (non-hydrogen) atoms. The SMILES string of the molecule is CCCCCCC/C=C\C/C=C\CCCCCCCCCCCCCCCCCCCCCCCCCCCCCCCC(=O)OC(COC(=O)CCCCCCCCC)COP(=O)(O)OCCN. The van der Waals surface area contributed by atoms with Crippen molar-refractivity contribution < 1.29 is 37.6 Å². The van der Waals surface area contributed by atoms with Gasteiger partial charge in [-0.3, -0.25) is 18.6 Å². The fourth-order valence-electron chi connectivity index (χ4n) is 8.91. The van der Waals surface area contributed by atoms with Gasteiger partial charge in [0.2, 0.25) is 0 Å². The molecule has 0 heterocycles. The summed E-state index contributed by atoms with van der Waals surface area (Å²) in [5.41, 5.74) is 5.35. The smallest absolute Gasteiger partial charge is 0.462 e. The Balaban J connectivity index is 3.60. The molecule has 0 fully saturated rings. The van der Waals surface area contributed by atoms with Gasteiger partial charge in [0.25, 0.3) is 0 Å². The van der Waals surface area contributed by atoms with Gasteiger partial charge in [-0.2, -0.15) is 0 Å². The summed E-state index contributed by atoms with van der Waals surface area (Å²) in [5, 5.41) is 0. The van der Waals surface area contributed by atoms with Crippen molar-refractivity contribution in [2.45, 2.75) is 315 Å². The molecule has 0 aromatic heterocycles. The van der Waals surface area contributed by atoms with Gasteiger partial charge in [-0.05, 0) is 44.9 Å². The number of carbonyl (C=O) groups excluding carboxylic acids is 2. The van der Waals surface area contributed by atoms with Crippen molar-refractivity contribution in [3.63, 3.8) is 0 Å². The van der Waals surface area contributed by atoms with E-state index in [1.807, 2.05) is 0 Å². The van der Waals surface area contributed by atoms with Gasteiger partial charge >= 0.3 is 19.8 Å². The average molecular weight is 997 g/mol. The van der Waals surface area contributed by atoms with E-state index in [0.29, 0.717) is 6.42 Å². The molecule has 0 saturated heterocycles. The zero-order chi connectivity index (χ0) is 50.2. The Morgan fingerprint density at radius 1 is 0.435 bits per heavy atom. The second-order valence-electron chi connectivity index (χ2n) is 20.2. The minimum absolute atomic E-state index is 0.0568. The van der Waals surface area contributed by atoms with E-state index < -0.39 is 26.5 Å². The summed E-state index contributed by atoms with van der Waals surface area (Å²) in [6.45, 7) is 3.71. The largest absolute Gasteiger partial charge is 0.472 e. The number of nitrogens with two attached hydrogens (primary N) is 1. The van der Waals surface area contributed by atoms with Crippen molar-refractivity contribution >= 4 is 19.8 Å². The van der Waals surface area contributed by atoms with Crippen molar-refractivity contribution in [1.82, 2.24) is 0 Å². The van der Waals surface area contributed by atoms with Gasteiger partial charge in [-0.1, -0.05) is 276 Å². The molecule has 0 aromatic carbocycles. The summed E-state index contributed by atoms with van der Waals surface area (Å²) in [5.74, 6) is -0.820. The normalized spacial score (nSPS) is 13.2. The van der Waals surface area contributed by atoms with E-state index in [0.717, 1.165) is 38.5 Å². The second kappa shape index (κ2) is 55.8. The highest BCUT2D eigenvalue weighted by atomic mass is 31.2. The minimum atomic E-state index is -4.37. The number of esters is 2. The molecule has 0 aliphatic rings. The van der Waals surface area contributed by atoms with Crippen LogP contribution in [0.2, 0.25) is 0 Å². The first kappa shape index (κ1) is 67.5. The van der Waals surface area contributed by atoms with E-state index >= 15 is 0 Å². The van der Waals surface area contributed by atoms with Crippen LogP contribution in [0.1, 0.15) is 309 Å². The Labute approximate surface area is 427 Å². The third-order valence-corrected chi connectivity index (χ3v) is 14.3. The van der Waals surface area contributed by atoms with Crippen LogP contribution in [-0.4, -0.2) is 49.3 Å². The molecule has 0 bridgehead atoms. The van der Waals surface area contributed by atoms with Gasteiger partial charge in [0.1, 0.15) is 6.61 Å². The molecule has 0 aliphatic carbocycles. The highest BCUT2D eigenvalue weighted by molar-refractivity contribution is 7.47. The quantitative estimate of drug-likeness (QED) is 0.0264. The first-order valence-corrected chi connectivity index (χ1v) is 31.3. The Morgan fingerprint density at radius 2 is 0.754 bits per heavy atom. The zero-order valence-corrected chi connectivity index (χ0v) is 46.5. The van der Waals surface area contributed by atoms with Crippen molar-refractivity contribution in [2.24, 2.45) is 5.73 Å². The predicted octanol–water partition coefficient (Wildman–Crippen LogP) is 18.6. The van der Waals surface area contributed by atoms with Crippen LogP contribution in [0.5, 0.6) is 0 Å². The Bertz CT molecular complexity index is 1180. The number of allylic oxidation sites excluding steroid dienone is 4. The van der Waals surface area contributed by atoms with E-state index in [9.17, 15) is 19.0 Å². The molecule has 408 valence electrons. The van der Waals surface area contributed by atoms with Gasteiger partial charge < -0.3 is 20.1 Å². The molecule has 0 amide bonds. The van der Waals surface area contributed by atoms with Crippen LogP contribution >= 0.6 is 7.82 Å². The summed E-state index contributed by atoms with van der Waals surface area (Å²) in [4.78, 5) is 34.8. The van der Waals surface area contributed by atoms with E-state index in [4.69, 9.17) is 24.3 Å². The van der Waals surface area contributed by atoms with Crippen LogP contribution in [-0.2, 0) is 32.7 Å². The molecule has 2 atom stereocenters. The molecule has 0 radical (unpaired) electrons. The van der Waals surface area contributed by atoms with Crippen LogP contribution in [0.15, 0.2) is 24.3 Å². The number of phosphoric ester groups is 1. The third kappa shape index (κ3) is 55.7. The lowest BCUT2D eigenvalue weighted by Gasteiger charge is -2.19. The van der Waals surface area contributed by atoms with Gasteiger partial charge in [0.15, 0.2) is 6.10 Å².